The minimum absolute atomic E-state index is 0.258. The second-order valence-electron chi connectivity index (χ2n) is 7.75. The molecule has 0 bridgehead atoms. The summed E-state index contributed by atoms with van der Waals surface area (Å²) in [6.07, 6.45) is 3.54. The van der Waals surface area contributed by atoms with Crippen LogP contribution in [0.1, 0.15) is 60.8 Å². The van der Waals surface area contributed by atoms with Crippen molar-refractivity contribution < 1.29 is 4.74 Å². The summed E-state index contributed by atoms with van der Waals surface area (Å²) in [5, 5.41) is 6.72. The lowest BCUT2D eigenvalue weighted by molar-refractivity contribution is 0.177. The third-order valence-corrected chi connectivity index (χ3v) is 4.03. The summed E-state index contributed by atoms with van der Waals surface area (Å²) in [6, 6.07) is 1.02. The maximum Gasteiger partial charge on any atom is 0.323 e. The number of rotatable bonds is 6. The smallest absolute Gasteiger partial charge is 0.323 e. The second-order valence-corrected chi connectivity index (χ2v) is 7.75. The van der Waals surface area contributed by atoms with Gasteiger partial charge in [-0.15, -0.1) is 0 Å². The Morgan fingerprint density at radius 1 is 1.17 bits per heavy atom. The molecule has 1 saturated carbocycles. The number of aromatic nitrogens is 3. The molecule has 0 amide bonds. The van der Waals surface area contributed by atoms with E-state index in [0.29, 0.717) is 41.9 Å². The minimum Gasteiger partial charge on any atom is -0.464 e. The van der Waals surface area contributed by atoms with Gasteiger partial charge in [-0.2, -0.15) is 15.0 Å². The average molecular weight is 321 g/mol. The molecule has 6 heteroatoms. The van der Waals surface area contributed by atoms with Gasteiger partial charge >= 0.3 is 6.01 Å². The molecule has 0 radical (unpaired) electrons. The molecular formula is C17H31N5O. The molecule has 2 atom stereocenters. The van der Waals surface area contributed by atoms with Crippen molar-refractivity contribution in [1.82, 2.24) is 15.0 Å². The first kappa shape index (κ1) is 17.8. The van der Waals surface area contributed by atoms with Gasteiger partial charge in [0, 0.05) is 12.1 Å². The monoisotopic (exact) mass is 321 g/mol. The summed E-state index contributed by atoms with van der Waals surface area (Å²) in [5.41, 5.74) is 0.351. The molecule has 130 valence electrons. The lowest BCUT2D eigenvalue weighted by atomic mass is 9.71. The highest BCUT2D eigenvalue weighted by molar-refractivity contribution is 5.37. The SMILES string of the molecule is CCOc1nc(NC(C)C)nc(NC2CC(C)CC(C)(C)C2)n1. The molecule has 6 nitrogen and oxygen atoms in total. The fourth-order valence-corrected chi connectivity index (χ4v) is 3.58. The van der Waals surface area contributed by atoms with Crippen molar-refractivity contribution in [2.24, 2.45) is 11.3 Å². The molecule has 1 aromatic rings. The highest BCUT2D eigenvalue weighted by atomic mass is 16.5. The fraction of sp³-hybridized carbons (Fsp3) is 0.824. The van der Waals surface area contributed by atoms with E-state index in [2.05, 4.69) is 60.2 Å². The molecule has 1 heterocycles. The molecule has 1 aliphatic carbocycles. The van der Waals surface area contributed by atoms with Gasteiger partial charge in [-0.05, 0) is 51.4 Å². The molecule has 1 fully saturated rings. The zero-order valence-electron chi connectivity index (χ0n) is 15.3. The largest absolute Gasteiger partial charge is 0.464 e. The van der Waals surface area contributed by atoms with Gasteiger partial charge in [-0.25, -0.2) is 0 Å². The van der Waals surface area contributed by atoms with Crippen LogP contribution in [0.3, 0.4) is 0 Å². The summed E-state index contributed by atoms with van der Waals surface area (Å²) in [7, 11) is 0. The van der Waals surface area contributed by atoms with Gasteiger partial charge < -0.3 is 15.4 Å². The Balaban J connectivity index is 2.15. The number of nitrogens with one attached hydrogen (secondary N) is 2. The van der Waals surface area contributed by atoms with Crippen LogP contribution in [0.25, 0.3) is 0 Å². The van der Waals surface area contributed by atoms with Crippen molar-refractivity contribution in [3.63, 3.8) is 0 Å². The van der Waals surface area contributed by atoms with Crippen LogP contribution in [0.15, 0.2) is 0 Å². The molecule has 2 unspecified atom stereocenters. The average Bonchev–Trinajstić information content (AvgIpc) is 2.34. The second kappa shape index (κ2) is 7.32. The molecule has 23 heavy (non-hydrogen) atoms. The first-order valence-corrected chi connectivity index (χ1v) is 8.69. The van der Waals surface area contributed by atoms with Crippen molar-refractivity contribution in [2.75, 3.05) is 17.2 Å². The third-order valence-electron chi connectivity index (χ3n) is 4.03. The Hall–Kier alpha value is -1.59. The number of nitrogens with zero attached hydrogens (tertiary/aromatic N) is 3. The molecule has 0 saturated heterocycles. The summed E-state index contributed by atoms with van der Waals surface area (Å²) in [6.45, 7) is 13.6. The Kier molecular flexibility index (Phi) is 5.65. The Morgan fingerprint density at radius 3 is 2.48 bits per heavy atom. The van der Waals surface area contributed by atoms with E-state index in [0.717, 1.165) is 12.8 Å². The number of ether oxygens (including phenoxy) is 1. The molecular weight excluding hydrogens is 290 g/mol. The summed E-state index contributed by atoms with van der Waals surface area (Å²) in [5.74, 6) is 1.86. The predicted octanol–water partition coefficient (Wildman–Crippen LogP) is 3.72. The zero-order chi connectivity index (χ0) is 17.0. The number of anilines is 2. The van der Waals surface area contributed by atoms with Crippen LogP contribution >= 0.6 is 0 Å². The van der Waals surface area contributed by atoms with Crippen molar-refractivity contribution in [3.8, 4) is 6.01 Å². The molecule has 1 aromatic heterocycles. The maximum atomic E-state index is 5.48. The highest BCUT2D eigenvalue weighted by Gasteiger charge is 2.32. The van der Waals surface area contributed by atoms with Crippen molar-refractivity contribution in [3.05, 3.63) is 0 Å². The predicted molar refractivity (Wildman–Crippen MR) is 94.0 cm³/mol. The van der Waals surface area contributed by atoms with Crippen LogP contribution in [0.5, 0.6) is 6.01 Å². The van der Waals surface area contributed by atoms with E-state index in [1.165, 1.54) is 6.42 Å². The fourth-order valence-electron chi connectivity index (χ4n) is 3.58. The van der Waals surface area contributed by atoms with Crippen LogP contribution in [-0.2, 0) is 0 Å². The quantitative estimate of drug-likeness (QED) is 0.832. The summed E-state index contributed by atoms with van der Waals surface area (Å²) >= 11 is 0. The number of hydrogen-bond acceptors (Lipinski definition) is 6. The molecule has 2 N–H and O–H groups in total. The summed E-state index contributed by atoms with van der Waals surface area (Å²) in [4.78, 5) is 13.2. The Labute approximate surface area is 139 Å². The van der Waals surface area contributed by atoms with Crippen LogP contribution in [0, 0.1) is 11.3 Å². The molecule has 0 spiro atoms. The van der Waals surface area contributed by atoms with Crippen molar-refractivity contribution >= 4 is 11.9 Å². The van der Waals surface area contributed by atoms with E-state index in [4.69, 9.17) is 4.74 Å². The van der Waals surface area contributed by atoms with Gasteiger partial charge in [0.25, 0.3) is 0 Å². The van der Waals surface area contributed by atoms with Crippen LogP contribution in [0.2, 0.25) is 0 Å². The van der Waals surface area contributed by atoms with E-state index in [-0.39, 0.29) is 6.04 Å². The lowest BCUT2D eigenvalue weighted by Gasteiger charge is -2.39. The summed E-state index contributed by atoms with van der Waals surface area (Å²) < 4.78 is 5.48. The van der Waals surface area contributed by atoms with E-state index in [1.54, 1.807) is 0 Å². The normalized spacial score (nSPS) is 23.6. The molecule has 0 aromatic carbocycles. The highest BCUT2D eigenvalue weighted by Crippen LogP contribution is 2.39. The van der Waals surface area contributed by atoms with Crippen molar-refractivity contribution in [2.45, 2.75) is 72.9 Å². The Bertz CT molecular complexity index is 518. The van der Waals surface area contributed by atoms with Crippen LogP contribution in [0.4, 0.5) is 11.9 Å². The topological polar surface area (TPSA) is 72.0 Å². The number of hydrogen-bond donors (Lipinski definition) is 2. The van der Waals surface area contributed by atoms with Gasteiger partial charge in [0.05, 0.1) is 6.61 Å². The van der Waals surface area contributed by atoms with Crippen LogP contribution < -0.4 is 15.4 Å². The lowest BCUT2D eigenvalue weighted by Crippen LogP contribution is -2.36. The van der Waals surface area contributed by atoms with E-state index < -0.39 is 0 Å². The van der Waals surface area contributed by atoms with Gasteiger partial charge in [0.15, 0.2) is 0 Å². The van der Waals surface area contributed by atoms with E-state index in [9.17, 15) is 0 Å². The molecule has 1 aliphatic rings. The minimum atomic E-state index is 0.258. The van der Waals surface area contributed by atoms with Crippen molar-refractivity contribution in [1.29, 1.82) is 0 Å². The first-order valence-electron chi connectivity index (χ1n) is 8.69. The van der Waals surface area contributed by atoms with Gasteiger partial charge in [-0.3, -0.25) is 0 Å². The Morgan fingerprint density at radius 2 is 1.87 bits per heavy atom. The molecule has 0 aliphatic heterocycles. The maximum absolute atomic E-state index is 5.48. The van der Waals surface area contributed by atoms with Gasteiger partial charge in [-0.1, -0.05) is 20.8 Å². The standard InChI is InChI=1S/C17H31N5O/c1-7-23-16-21-14(18-11(2)3)20-15(22-16)19-13-8-12(4)9-17(5,6)10-13/h11-13H,7-10H2,1-6H3,(H2,18,19,20,21,22). The zero-order valence-corrected chi connectivity index (χ0v) is 15.3. The van der Waals surface area contributed by atoms with Gasteiger partial charge in [0.1, 0.15) is 0 Å². The molecule has 2 rings (SSSR count). The van der Waals surface area contributed by atoms with E-state index >= 15 is 0 Å². The van der Waals surface area contributed by atoms with Gasteiger partial charge in [0.2, 0.25) is 11.9 Å². The van der Waals surface area contributed by atoms with Crippen LogP contribution in [-0.4, -0.2) is 33.6 Å². The third kappa shape index (κ3) is 5.52. The van der Waals surface area contributed by atoms with E-state index in [1.807, 2.05) is 6.92 Å². The first-order chi connectivity index (χ1) is 10.8.